The minimum absolute atomic E-state index is 0.0188. The second-order valence-electron chi connectivity index (χ2n) is 5.01. The molecule has 3 N–H and O–H groups in total. The van der Waals surface area contributed by atoms with Gasteiger partial charge in [0.2, 0.25) is 5.91 Å². The van der Waals surface area contributed by atoms with Crippen LogP contribution in [-0.2, 0) is 4.79 Å². The summed E-state index contributed by atoms with van der Waals surface area (Å²) < 4.78 is 0. The Morgan fingerprint density at radius 1 is 1.38 bits per heavy atom. The molecule has 16 heavy (non-hydrogen) atoms. The number of aliphatic hydroxyl groups excluding tert-OH is 1. The van der Waals surface area contributed by atoms with E-state index in [1.165, 1.54) is 0 Å². The zero-order valence-electron chi connectivity index (χ0n) is 11.1. The number of carbonyl (C=O) groups is 1. The zero-order chi connectivity index (χ0) is 12.8. The first-order valence-electron chi connectivity index (χ1n) is 6.02. The predicted octanol–water partition coefficient (Wildman–Crippen LogP) is 1.04. The largest absolute Gasteiger partial charge is 0.392 e. The van der Waals surface area contributed by atoms with Crippen LogP contribution in [0.25, 0.3) is 0 Å². The van der Waals surface area contributed by atoms with Gasteiger partial charge in [0.05, 0.1) is 12.6 Å². The number of rotatable bonds is 7. The Bertz CT molecular complexity index is 215. The van der Waals surface area contributed by atoms with Gasteiger partial charge in [-0.25, -0.2) is 0 Å². The molecule has 4 nitrogen and oxygen atoms in total. The average Bonchev–Trinajstić information content (AvgIpc) is 2.15. The molecule has 0 aliphatic heterocycles. The molecule has 0 fully saturated rings. The molecule has 0 aliphatic rings. The molecule has 0 saturated carbocycles. The SMILES string of the molecule is CCCC(C)NC(=O)CNC(C)(C)C(C)O. The lowest BCUT2D eigenvalue weighted by Gasteiger charge is -2.29. The highest BCUT2D eigenvalue weighted by molar-refractivity contribution is 5.78. The summed E-state index contributed by atoms with van der Waals surface area (Å²) in [4.78, 5) is 11.5. The van der Waals surface area contributed by atoms with E-state index in [1.54, 1.807) is 6.92 Å². The maximum absolute atomic E-state index is 11.5. The van der Waals surface area contributed by atoms with Crippen LogP contribution in [0.3, 0.4) is 0 Å². The summed E-state index contributed by atoms with van der Waals surface area (Å²) >= 11 is 0. The van der Waals surface area contributed by atoms with Gasteiger partial charge in [-0.3, -0.25) is 4.79 Å². The number of hydrogen-bond donors (Lipinski definition) is 3. The van der Waals surface area contributed by atoms with Gasteiger partial charge in [0.25, 0.3) is 0 Å². The molecule has 0 radical (unpaired) electrons. The lowest BCUT2D eigenvalue weighted by Crippen LogP contribution is -2.52. The van der Waals surface area contributed by atoms with E-state index >= 15 is 0 Å². The van der Waals surface area contributed by atoms with Crippen molar-refractivity contribution in [2.24, 2.45) is 0 Å². The van der Waals surface area contributed by atoms with E-state index < -0.39 is 11.6 Å². The Kier molecular flexibility index (Phi) is 6.60. The van der Waals surface area contributed by atoms with Crippen LogP contribution < -0.4 is 10.6 Å². The van der Waals surface area contributed by atoms with Crippen LogP contribution in [0.2, 0.25) is 0 Å². The van der Waals surface area contributed by atoms with Gasteiger partial charge in [-0.05, 0) is 34.1 Å². The number of carbonyl (C=O) groups excluding carboxylic acids is 1. The maximum Gasteiger partial charge on any atom is 0.234 e. The third kappa shape index (κ3) is 6.08. The van der Waals surface area contributed by atoms with E-state index in [0.29, 0.717) is 0 Å². The van der Waals surface area contributed by atoms with Crippen molar-refractivity contribution in [3.05, 3.63) is 0 Å². The first-order valence-corrected chi connectivity index (χ1v) is 6.02. The van der Waals surface area contributed by atoms with E-state index in [2.05, 4.69) is 17.6 Å². The van der Waals surface area contributed by atoms with Crippen LogP contribution in [-0.4, -0.2) is 35.2 Å². The standard InChI is InChI=1S/C12H26N2O2/c1-6-7-9(2)14-11(16)8-13-12(4,5)10(3)15/h9-10,13,15H,6-8H2,1-5H3,(H,14,16). The number of nitrogens with one attached hydrogen (secondary N) is 2. The van der Waals surface area contributed by atoms with E-state index in [-0.39, 0.29) is 18.5 Å². The summed E-state index contributed by atoms with van der Waals surface area (Å²) in [5.74, 6) is -0.0188. The maximum atomic E-state index is 11.5. The minimum atomic E-state index is -0.492. The fraction of sp³-hybridized carbons (Fsp3) is 0.917. The van der Waals surface area contributed by atoms with Gasteiger partial charge < -0.3 is 15.7 Å². The van der Waals surface area contributed by atoms with Crippen molar-refractivity contribution in [1.82, 2.24) is 10.6 Å². The lowest BCUT2D eigenvalue weighted by atomic mass is 9.99. The molecule has 0 rings (SSSR count). The third-order valence-corrected chi connectivity index (χ3v) is 2.88. The Labute approximate surface area is 98.8 Å². The van der Waals surface area contributed by atoms with Crippen molar-refractivity contribution in [1.29, 1.82) is 0 Å². The molecule has 0 aliphatic carbocycles. The van der Waals surface area contributed by atoms with Gasteiger partial charge in [0, 0.05) is 11.6 Å². The Morgan fingerprint density at radius 2 is 1.94 bits per heavy atom. The third-order valence-electron chi connectivity index (χ3n) is 2.88. The molecular formula is C12H26N2O2. The molecule has 2 unspecified atom stereocenters. The number of hydrogen-bond acceptors (Lipinski definition) is 3. The van der Waals surface area contributed by atoms with Gasteiger partial charge in [0.15, 0.2) is 0 Å². The number of amides is 1. The highest BCUT2D eigenvalue weighted by atomic mass is 16.3. The van der Waals surface area contributed by atoms with Crippen molar-refractivity contribution in [2.45, 2.75) is 65.1 Å². The average molecular weight is 230 g/mol. The molecule has 0 spiro atoms. The summed E-state index contributed by atoms with van der Waals surface area (Å²) in [6, 6.07) is 0.217. The lowest BCUT2D eigenvalue weighted by molar-refractivity contribution is -0.121. The molecule has 1 amide bonds. The monoisotopic (exact) mass is 230 g/mol. The number of aliphatic hydroxyl groups is 1. The fourth-order valence-corrected chi connectivity index (χ4v) is 1.29. The molecule has 4 heteroatoms. The highest BCUT2D eigenvalue weighted by Crippen LogP contribution is 2.07. The summed E-state index contributed by atoms with van der Waals surface area (Å²) in [6.45, 7) is 9.80. The summed E-state index contributed by atoms with van der Waals surface area (Å²) in [5, 5.41) is 15.4. The summed E-state index contributed by atoms with van der Waals surface area (Å²) in [5.41, 5.74) is -0.439. The predicted molar refractivity (Wildman–Crippen MR) is 66.3 cm³/mol. The normalized spacial score (nSPS) is 15.6. The van der Waals surface area contributed by atoms with Crippen LogP contribution in [0.5, 0.6) is 0 Å². The van der Waals surface area contributed by atoms with Crippen LogP contribution in [0.15, 0.2) is 0 Å². The summed E-state index contributed by atoms with van der Waals surface area (Å²) in [6.07, 6.45) is 1.56. The Hall–Kier alpha value is -0.610. The van der Waals surface area contributed by atoms with Gasteiger partial charge in [-0.2, -0.15) is 0 Å². The second-order valence-corrected chi connectivity index (χ2v) is 5.01. The van der Waals surface area contributed by atoms with Gasteiger partial charge >= 0.3 is 0 Å². The molecular weight excluding hydrogens is 204 g/mol. The van der Waals surface area contributed by atoms with Crippen molar-refractivity contribution < 1.29 is 9.90 Å². The second kappa shape index (κ2) is 6.86. The highest BCUT2D eigenvalue weighted by Gasteiger charge is 2.24. The minimum Gasteiger partial charge on any atom is -0.392 e. The first-order chi connectivity index (χ1) is 7.29. The van der Waals surface area contributed by atoms with Crippen molar-refractivity contribution in [2.75, 3.05) is 6.54 Å². The van der Waals surface area contributed by atoms with E-state index in [1.807, 2.05) is 20.8 Å². The van der Waals surface area contributed by atoms with Crippen LogP contribution >= 0.6 is 0 Å². The van der Waals surface area contributed by atoms with E-state index in [4.69, 9.17) is 0 Å². The Morgan fingerprint density at radius 3 is 2.38 bits per heavy atom. The van der Waals surface area contributed by atoms with Gasteiger partial charge in [-0.15, -0.1) is 0 Å². The molecule has 96 valence electrons. The van der Waals surface area contributed by atoms with Gasteiger partial charge in [0.1, 0.15) is 0 Å². The Balaban J connectivity index is 3.90. The van der Waals surface area contributed by atoms with Gasteiger partial charge in [-0.1, -0.05) is 13.3 Å². The molecule has 0 aromatic carbocycles. The van der Waals surface area contributed by atoms with Crippen LogP contribution in [0, 0.1) is 0 Å². The molecule has 2 atom stereocenters. The quantitative estimate of drug-likeness (QED) is 0.612. The van der Waals surface area contributed by atoms with E-state index in [0.717, 1.165) is 12.8 Å². The fourth-order valence-electron chi connectivity index (χ4n) is 1.29. The van der Waals surface area contributed by atoms with Crippen molar-refractivity contribution in [3.63, 3.8) is 0 Å². The smallest absolute Gasteiger partial charge is 0.234 e. The van der Waals surface area contributed by atoms with Crippen LogP contribution in [0.4, 0.5) is 0 Å². The first kappa shape index (κ1) is 15.4. The molecule has 0 aromatic rings. The molecule has 0 saturated heterocycles. The van der Waals surface area contributed by atoms with E-state index in [9.17, 15) is 9.90 Å². The molecule has 0 heterocycles. The molecule has 0 aromatic heterocycles. The van der Waals surface area contributed by atoms with Crippen LogP contribution in [0.1, 0.15) is 47.5 Å². The molecule has 0 bridgehead atoms. The summed E-state index contributed by atoms with van der Waals surface area (Å²) in [7, 11) is 0. The zero-order valence-corrected chi connectivity index (χ0v) is 11.1. The van der Waals surface area contributed by atoms with Crippen molar-refractivity contribution >= 4 is 5.91 Å². The topological polar surface area (TPSA) is 61.4 Å². The van der Waals surface area contributed by atoms with Crippen molar-refractivity contribution in [3.8, 4) is 0 Å².